The molecule has 0 aromatic carbocycles. The number of amides is 1. The van der Waals surface area contributed by atoms with Crippen LogP contribution in [0, 0.1) is 0 Å². The molecule has 1 saturated heterocycles. The van der Waals surface area contributed by atoms with Crippen molar-refractivity contribution in [3.8, 4) is 22.6 Å². The first-order valence-electron chi connectivity index (χ1n) is 13.3. The molecule has 11 nitrogen and oxygen atoms in total. The van der Waals surface area contributed by atoms with Crippen LogP contribution in [0.4, 0.5) is 5.82 Å². The average Bonchev–Trinajstić information content (AvgIpc) is 3.56. The van der Waals surface area contributed by atoms with Gasteiger partial charge in [0, 0.05) is 69.9 Å². The SMILES string of the molecule is CNc1cc(-c2cnc3n(CCCN4CCOCC4)cccc2-3)nc2c(C(=O)N[C@@H]3CC[C@H]3OC)cnn12. The summed E-state index contributed by atoms with van der Waals surface area (Å²) in [6, 6.07) is 6.09. The van der Waals surface area contributed by atoms with Gasteiger partial charge in [-0.25, -0.2) is 9.97 Å². The molecule has 1 amide bonds. The second-order valence-corrected chi connectivity index (χ2v) is 9.92. The van der Waals surface area contributed by atoms with E-state index in [0.29, 0.717) is 11.2 Å². The van der Waals surface area contributed by atoms with E-state index in [4.69, 9.17) is 19.4 Å². The van der Waals surface area contributed by atoms with Gasteiger partial charge in [0.2, 0.25) is 0 Å². The number of morpholine rings is 1. The number of carbonyl (C=O) groups excluding carboxylic acids is 1. The van der Waals surface area contributed by atoms with Crippen LogP contribution in [-0.2, 0) is 16.0 Å². The lowest BCUT2D eigenvalue weighted by atomic mass is 9.89. The predicted molar refractivity (Wildman–Crippen MR) is 144 cm³/mol. The maximum absolute atomic E-state index is 13.1. The van der Waals surface area contributed by atoms with Crippen LogP contribution in [0.5, 0.6) is 0 Å². The van der Waals surface area contributed by atoms with Gasteiger partial charge in [0.05, 0.1) is 37.3 Å². The van der Waals surface area contributed by atoms with Gasteiger partial charge in [-0.15, -0.1) is 0 Å². The van der Waals surface area contributed by atoms with Crippen molar-refractivity contribution in [2.75, 3.05) is 52.3 Å². The van der Waals surface area contributed by atoms with Gasteiger partial charge in [0.1, 0.15) is 17.2 Å². The Kier molecular flexibility index (Phi) is 6.96. The minimum absolute atomic E-state index is 0.0105. The molecule has 0 unspecified atom stereocenters. The Morgan fingerprint density at radius 1 is 1.18 bits per heavy atom. The maximum Gasteiger partial charge on any atom is 0.257 e. The zero-order valence-corrected chi connectivity index (χ0v) is 21.9. The fraction of sp³-hybridized carbons (Fsp3) is 0.481. The molecule has 2 atom stereocenters. The molecule has 0 radical (unpaired) electrons. The highest BCUT2D eigenvalue weighted by atomic mass is 16.5. The van der Waals surface area contributed by atoms with Crippen molar-refractivity contribution in [1.29, 1.82) is 0 Å². The molecule has 4 aliphatic rings. The summed E-state index contributed by atoms with van der Waals surface area (Å²) in [7, 11) is 3.51. The Bertz CT molecular complexity index is 1390. The normalized spacial score (nSPS) is 20.1. The summed E-state index contributed by atoms with van der Waals surface area (Å²) in [6.45, 7) is 5.56. The second kappa shape index (κ2) is 10.7. The van der Waals surface area contributed by atoms with Crippen LogP contribution in [0.2, 0.25) is 0 Å². The van der Waals surface area contributed by atoms with Crippen LogP contribution in [-0.4, -0.2) is 94.1 Å². The minimum Gasteiger partial charge on any atom is -0.379 e. The molecule has 2 N–H and O–H groups in total. The van der Waals surface area contributed by atoms with Gasteiger partial charge in [0.25, 0.3) is 5.91 Å². The molecule has 0 spiro atoms. The molecule has 2 fully saturated rings. The van der Waals surface area contributed by atoms with E-state index in [9.17, 15) is 4.79 Å². The number of nitrogens with zero attached hydrogens (tertiary/aromatic N) is 6. The quantitative estimate of drug-likeness (QED) is 0.348. The zero-order valence-electron chi connectivity index (χ0n) is 21.9. The number of carbonyl (C=O) groups is 1. The zero-order chi connectivity index (χ0) is 26.1. The molecular formula is C27H34N8O3. The molecule has 1 aliphatic carbocycles. The van der Waals surface area contributed by atoms with Gasteiger partial charge >= 0.3 is 0 Å². The summed E-state index contributed by atoms with van der Waals surface area (Å²) >= 11 is 0. The van der Waals surface area contributed by atoms with Crippen molar-refractivity contribution in [1.82, 2.24) is 34.4 Å². The van der Waals surface area contributed by atoms with E-state index in [1.165, 1.54) is 0 Å². The molecule has 2 aromatic heterocycles. The first-order chi connectivity index (χ1) is 18.7. The number of aryl methyl sites for hydroxylation is 1. The number of anilines is 1. The predicted octanol–water partition coefficient (Wildman–Crippen LogP) is 2.37. The lowest BCUT2D eigenvalue weighted by Gasteiger charge is -2.35. The van der Waals surface area contributed by atoms with Crippen molar-refractivity contribution in [3.63, 3.8) is 0 Å². The van der Waals surface area contributed by atoms with E-state index in [0.717, 1.165) is 87.1 Å². The molecule has 0 bridgehead atoms. The van der Waals surface area contributed by atoms with E-state index in [2.05, 4.69) is 43.5 Å². The number of hydrogen-bond donors (Lipinski definition) is 2. The Hall–Kier alpha value is -3.54. The largest absolute Gasteiger partial charge is 0.379 e. The van der Waals surface area contributed by atoms with Crippen LogP contribution in [0.15, 0.2) is 36.8 Å². The highest BCUT2D eigenvalue weighted by Gasteiger charge is 2.33. The summed E-state index contributed by atoms with van der Waals surface area (Å²) in [6.07, 6.45) is 8.48. The maximum atomic E-state index is 13.1. The van der Waals surface area contributed by atoms with E-state index < -0.39 is 0 Å². The van der Waals surface area contributed by atoms with Gasteiger partial charge in [-0.3, -0.25) is 9.69 Å². The first kappa shape index (κ1) is 24.8. The number of hydrogen-bond acceptors (Lipinski definition) is 8. The Balaban J connectivity index is 1.26. The fourth-order valence-corrected chi connectivity index (χ4v) is 5.37. The Morgan fingerprint density at radius 3 is 2.82 bits per heavy atom. The minimum atomic E-state index is -0.193. The van der Waals surface area contributed by atoms with E-state index in [1.54, 1.807) is 17.8 Å². The Morgan fingerprint density at radius 2 is 2.05 bits per heavy atom. The average molecular weight is 519 g/mol. The lowest BCUT2D eigenvalue weighted by molar-refractivity contribution is 0.00732. The van der Waals surface area contributed by atoms with Gasteiger partial charge in [0.15, 0.2) is 5.65 Å². The molecule has 3 aliphatic heterocycles. The number of rotatable bonds is 9. The smallest absolute Gasteiger partial charge is 0.257 e. The molecule has 6 rings (SSSR count). The topological polar surface area (TPSA) is 111 Å². The van der Waals surface area contributed by atoms with Gasteiger partial charge < -0.3 is 24.7 Å². The summed E-state index contributed by atoms with van der Waals surface area (Å²) in [5.41, 5.74) is 3.63. The summed E-state index contributed by atoms with van der Waals surface area (Å²) in [5, 5.41) is 10.7. The Labute approximate surface area is 221 Å². The lowest BCUT2D eigenvalue weighted by Crippen LogP contribution is -2.51. The number of ether oxygens (including phenoxy) is 2. The van der Waals surface area contributed by atoms with Crippen molar-refractivity contribution in [2.24, 2.45) is 0 Å². The molecule has 11 heteroatoms. The van der Waals surface area contributed by atoms with Crippen molar-refractivity contribution in [3.05, 3.63) is 42.4 Å². The van der Waals surface area contributed by atoms with Crippen LogP contribution in [0.1, 0.15) is 29.6 Å². The standard InChI is InChI=1S/C27H34N8O3/c1-28-24-15-22(31-26-20(17-30-35(24)26)27(36)32-21-6-7-23(21)37-2)19-16-29-25-18(19)5-3-9-34(25)10-4-8-33-11-13-38-14-12-33/h3,5,9,15-17,21,23,28H,4,6-8,10-14H2,1-2H3,(H,32,36)/t21-,23-/m1/s1. The van der Waals surface area contributed by atoms with Crippen LogP contribution in [0.25, 0.3) is 28.3 Å². The number of methoxy groups -OCH3 is 1. The van der Waals surface area contributed by atoms with Crippen LogP contribution < -0.4 is 10.6 Å². The first-order valence-corrected chi connectivity index (χ1v) is 13.3. The molecule has 1 saturated carbocycles. The number of nitrogens with one attached hydrogen (secondary N) is 2. The molecular weight excluding hydrogens is 484 g/mol. The summed E-state index contributed by atoms with van der Waals surface area (Å²) in [4.78, 5) is 25.3. The summed E-state index contributed by atoms with van der Waals surface area (Å²) in [5.74, 6) is 1.48. The molecule has 2 aromatic rings. The molecule has 200 valence electrons. The number of aromatic nitrogens is 5. The number of pyridine rings is 1. The van der Waals surface area contributed by atoms with Crippen molar-refractivity contribution >= 4 is 17.4 Å². The van der Waals surface area contributed by atoms with E-state index in [1.807, 2.05) is 19.3 Å². The third-order valence-electron chi connectivity index (χ3n) is 7.70. The van der Waals surface area contributed by atoms with Gasteiger partial charge in [-0.05, 0) is 31.4 Å². The third-order valence-corrected chi connectivity index (χ3v) is 7.70. The fourth-order valence-electron chi connectivity index (χ4n) is 5.37. The van der Waals surface area contributed by atoms with Crippen LogP contribution in [0.3, 0.4) is 0 Å². The second-order valence-electron chi connectivity index (χ2n) is 9.92. The van der Waals surface area contributed by atoms with Crippen LogP contribution >= 0.6 is 0 Å². The number of fused-ring (bicyclic) bond motifs is 2. The monoisotopic (exact) mass is 518 g/mol. The van der Waals surface area contributed by atoms with Gasteiger partial charge in [-0.2, -0.15) is 9.61 Å². The van der Waals surface area contributed by atoms with E-state index >= 15 is 0 Å². The van der Waals surface area contributed by atoms with Crippen molar-refractivity contribution < 1.29 is 14.3 Å². The van der Waals surface area contributed by atoms with Gasteiger partial charge in [-0.1, -0.05) is 0 Å². The highest BCUT2D eigenvalue weighted by molar-refractivity contribution is 6.00. The highest BCUT2D eigenvalue weighted by Crippen LogP contribution is 2.34. The van der Waals surface area contributed by atoms with E-state index in [-0.39, 0.29) is 18.1 Å². The third kappa shape index (κ3) is 4.61. The summed E-state index contributed by atoms with van der Waals surface area (Å²) < 4.78 is 14.8. The van der Waals surface area contributed by atoms with Crippen molar-refractivity contribution in [2.45, 2.75) is 38.0 Å². The molecule has 38 heavy (non-hydrogen) atoms. The molecule has 5 heterocycles.